The van der Waals surface area contributed by atoms with E-state index in [1.807, 2.05) is 24.3 Å². The van der Waals surface area contributed by atoms with Gasteiger partial charge in [0.1, 0.15) is 22.3 Å². The quantitative estimate of drug-likeness (QED) is 0.188. The van der Waals surface area contributed by atoms with E-state index in [4.69, 9.17) is 8.83 Å². The van der Waals surface area contributed by atoms with Crippen LogP contribution in [-0.2, 0) is 0 Å². The number of hydrogen-bond acceptors (Lipinski definition) is 2. The Morgan fingerprint density at radius 1 is 0.288 bits per heavy atom. The first-order valence-corrected chi connectivity index (χ1v) is 17.7. The minimum absolute atomic E-state index is 0.891. The molecule has 4 heterocycles. The van der Waals surface area contributed by atoms with Crippen LogP contribution in [0.15, 0.2) is 179 Å². The fraction of sp³-hybridized carbons (Fsp3) is 0. The first kappa shape index (κ1) is 27.7. The number of fused-ring (bicyclic) bond motifs is 12. The SMILES string of the molecule is c1ccc2c(c1)oc1ccc(-n3c4ccccc4c4cccc(-c5cccc6c7ccccc7n(-c7ccc8oc9ccccc9c8c7)c56)c43)cc12. The van der Waals surface area contributed by atoms with Gasteiger partial charge in [0.05, 0.1) is 22.1 Å². The largest absolute Gasteiger partial charge is 0.456 e. The van der Waals surface area contributed by atoms with Crippen molar-refractivity contribution in [2.45, 2.75) is 0 Å². The van der Waals surface area contributed by atoms with Gasteiger partial charge in [0.25, 0.3) is 0 Å². The predicted molar refractivity (Wildman–Crippen MR) is 215 cm³/mol. The molecule has 0 spiro atoms. The second-order valence-corrected chi connectivity index (χ2v) is 13.7. The lowest BCUT2D eigenvalue weighted by atomic mass is 9.99. The summed E-state index contributed by atoms with van der Waals surface area (Å²) < 4.78 is 17.4. The summed E-state index contributed by atoms with van der Waals surface area (Å²) in [6, 6.07) is 60.8. The molecule has 52 heavy (non-hydrogen) atoms. The summed E-state index contributed by atoms with van der Waals surface area (Å²) in [5.41, 5.74) is 12.8. The van der Waals surface area contributed by atoms with E-state index in [-0.39, 0.29) is 0 Å². The number of para-hydroxylation sites is 6. The highest BCUT2D eigenvalue weighted by Gasteiger charge is 2.22. The first-order chi connectivity index (χ1) is 25.8. The molecular formula is C48H28N2O2. The average Bonchev–Trinajstić information content (AvgIpc) is 3.95. The fourth-order valence-corrected chi connectivity index (χ4v) is 8.71. The molecule has 0 amide bonds. The maximum absolute atomic E-state index is 6.25. The molecule has 0 aliphatic heterocycles. The third-order valence-electron chi connectivity index (χ3n) is 10.9. The molecular weight excluding hydrogens is 637 g/mol. The smallest absolute Gasteiger partial charge is 0.135 e. The van der Waals surface area contributed by atoms with E-state index in [2.05, 4.69) is 155 Å². The van der Waals surface area contributed by atoms with Crippen LogP contribution < -0.4 is 0 Å². The molecule has 0 unspecified atom stereocenters. The van der Waals surface area contributed by atoms with Crippen LogP contribution >= 0.6 is 0 Å². The Morgan fingerprint density at radius 3 is 1.15 bits per heavy atom. The van der Waals surface area contributed by atoms with Crippen LogP contribution in [0.5, 0.6) is 0 Å². The van der Waals surface area contributed by atoms with Crippen molar-refractivity contribution in [3.8, 4) is 22.5 Å². The van der Waals surface area contributed by atoms with Crippen molar-refractivity contribution in [2.24, 2.45) is 0 Å². The van der Waals surface area contributed by atoms with E-state index in [9.17, 15) is 0 Å². The molecule has 0 bridgehead atoms. The van der Waals surface area contributed by atoms with Crippen LogP contribution in [-0.4, -0.2) is 9.13 Å². The molecule has 0 saturated carbocycles. The third kappa shape index (κ3) is 3.70. The lowest BCUT2D eigenvalue weighted by Crippen LogP contribution is -1.98. The Morgan fingerprint density at radius 2 is 0.673 bits per heavy atom. The maximum Gasteiger partial charge on any atom is 0.135 e. The zero-order chi connectivity index (χ0) is 33.9. The second-order valence-electron chi connectivity index (χ2n) is 13.7. The predicted octanol–water partition coefficient (Wildman–Crippen LogP) is 13.3. The summed E-state index contributed by atoms with van der Waals surface area (Å²) in [6.07, 6.45) is 0. The average molecular weight is 665 g/mol. The zero-order valence-corrected chi connectivity index (χ0v) is 27.9. The molecule has 4 heteroatoms. The van der Waals surface area contributed by atoms with E-state index in [1.165, 1.54) is 54.7 Å². The number of aromatic nitrogens is 2. The summed E-state index contributed by atoms with van der Waals surface area (Å²) in [5.74, 6) is 0. The molecule has 0 fully saturated rings. The van der Waals surface area contributed by atoms with Crippen molar-refractivity contribution in [1.82, 2.24) is 9.13 Å². The summed E-state index contributed by atoms with van der Waals surface area (Å²) >= 11 is 0. The zero-order valence-electron chi connectivity index (χ0n) is 27.9. The molecule has 0 aliphatic carbocycles. The van der Waals surface area contributed by atoms with Crippen molar-refractivity contribution in [3.63, 3.8) is 0 Å². The molecule has 0 saturated heterocycles. The van der Waals surface area contributed by atoms with Gasteiger partial charge in [-0.05, 0) is 60.7 Å². The molecule has 4 aromatic heterocycles. The summed E-state index contributed by atoms with van der Waals surface area (Å²) in [7, 11) is 0. The molecule has 12 aromatic rings. The Balaban J connectivity index is 1.20. The molecule has 8 aromatic carbocycles. The van der Waals surface area contributed by atoms with Gasteiger partial charge in [-0.3, -0.25) is 0 Å². The van der Waals surface area contributed by atoms with Crippen molar-refractivity contribution in [1.29, 1.82) is 0 Å². The van der Waals surface area contributed by atoms with Gasteiger partial charge in [0.2, 0.25) is 0 Å². The minimum atomic E-state index is 0.891. The van der Waals surface area contributed by atoms with Gasteiger partial charge < -0.3 is 18.0 Å². The Labute approximate surface area is 296 Å². The number of nitrogens with zero attached hydrogens (tertiary/aromatic N) is 2. The number of benzene rings is 8. The third-order valence-corrected chi connectivity index (χ3v) is 10.9. The first-order valence-electron chi connectivity index (χ1n) is 17.7. The van der Waals surface area contributed by atoms with Gasteiger partial charge in [-0.15, -0.1) is 0 Å². The van der Waals surface area contributed by atoms with E-state index in [0.717, 1.165) is 55.3 Å². The molecule has 12 rings (SSSR count). The number of rotatable bonds is 3. The van der Waals surface area contributed by atoms with E-state index in [0.29, 0.717) is 0 Å². The van der Waals surface area contributed by atoms with Gasteiger partial charge in [0.15, 0.2) is 0 Å². The normalized spacial score (nSPS) is 12.2. The van der Waals surface area contributed by atoms with Crippen molar-refractivity contribution < 1.29 is 8.83 Å². The van der Waals surface area contributed by atoms with Gasteiger partial charge in [0, 0.05) is 65.6 Å². The molecule has 4 nitrogen and oxygen atoms in total. The Kier molecular flexibility index (Phi) is 5.47. The molecule has 0 aliphatic rings. The standard InChI is InChI=1S/C48H28N2O2/c1-5-19-41-31(11-1)35-15-9-17-37(47(35)49(41)29-23-25-45-39(27-29)33-13-3-7-21-43(33)51-45)38-18-10-16-36-32-12-2-6-20-42(32)50(48(36)38)30-24-26-46-40(28-30)34-14-4-8-22-44(34)52-46/h1-28H. The monoisotopic (exact) mass is 664 g/mol. The lowest BCUT2D eigenvalue weighted by Gasteiger charge is -2.15. The molecule has 0 N–H and O–H groups in total. The second kappa shape index (κ2) is 10.3. The highest BCUT2D eigenvalue weighted by Crippen LogP contribution is 2.44. The van der Waals surface area contributed by atoms with Gasteiger partial charge in [-0.1, -0.05) is 109 Å². The van der Waals surface area contributed by atoms with Gasteiger partial charge >= 0.3 is 0 Å². The summed E-state index contributed by atoms with van der Waals surface area (Å²) in [5, 5.41) is 9.35. The van der Waals surface area contributed by atoms with E-state index in [1.54, 1.807) is 0 Å². The topological polar surface area (TPSA) is 36.1 Å². The van der Waals surface area contributed by atoms with Crippen LogP contribution in [0.3, 0.4) is 0 Å². The van der Waals surface area contributed by atoms with E-state index >= 15 is 0 Å². The Bertz CT molecular complexity index is 3190. The highest BCUT2D eigenvalue weighted by atomic mass is 16.3. The van der Waals surface area contributed by atoms with Crippen molar-refractivity contribution >= 4 is 87.5 Å². The number of furan rings is 2. The van der Waals surface area contributed by atoms with Crippen molar-refractivity contribution in [2.75, 3.05) is 0 Å². The minimum Gasteiger partial charge on any atom is -0.456 e. The molecule has 242 valence electrons. The van der Waals surface area contributed by atoms with Crippen LogP contribution in [0.2, 0.25) is 0 Å². The Hall–Kier alpha value is -7.04. The maximum atomic E-state index is 6.25. The molecule has 0 atom stereocenters. The van der Waals surface area contributed by atoms with E-state index < -0.39 is 0 Å². The fourth-order valence-electron chi connectivity index (χ4n) is 8.71. The van der Waals surface area contributed by atoms with Gasteiger partial charge in [-0.2, -0.15) is 0 Å². The summed E-state index contributed by atoms with van der Waals surface area (Å²) in [6.45, 7) is 0. The van der Waals surface area contributed by atoms with Crippen LogP contribution in [0.4, 0.5) is 0 Å². The van der Waals surface area contributed by atoms with Crippen LogP contribution in [0, 0.1) is 0 Å². The van der Waals surface area contributed by atoms with Crippen molar-refractivity contribution in [3.05, 3.63) is 170 Å². The van der Waals surface area contributed by atoms with Gasteiger partial charge in [-0.25, -0.2) is 0 Å². The number of hydrogen-bond donors (Lipinski definition) is 0. The highest BCUT2D eigenvalue weighted by molar-refractivity contribution is 6.19. The van der Waals surface area contributed by atoms with Crippen LogP contribution in [0.1, 0.15) is 0 Å². The summed E-state index contributed by atoms with van der Waals surface area (Å²) in [4.78, 5) is 0. The lowest BCUT2D eigenvalue weighted by molar-refractivity contribution is 0.668. The van der Waals surface area contributed by atoms with Crippen LogP contribution in [0.25, 0.3) is 110 Å². The molecule has 0 radical (unpaired) electrons.